The minimum Gasteiger partial charge on any atom is -0.376 e. The predicted molar refractivity (Wildman–Crippen MR) is 128 cm³/mol. The predicted octanol–water partition coefficient (Wildman–Crippen LogP) is 2.09. The summed E-state index contributed by atoms with van der Waals surface area (Å²) in [6, 6.07) is 0.862. The smallest absolute Gasteiger partial charge is 0.246 e. The van der Waals surface area contributed by atoms with Crippen LogP contribution in [0.2, 0.25) is 0 Å². The summed E-state index contributed by atoms with van der Waals surface area (Å²) in [5, 5.41) is 9.87. The number of hydrogen-bond donors (Lipinski definition) is 2. The molecule has 0 unspecified atom stereocenters. The number of nitrogens with zero attached hydrogens (tertiary/aromatic N) is 2. The van der Waals surface area contributed by atoms with Crippen molar-refractivity contribution in [2.24, 2.45) is 11.8 Å². The van der Waals surface area contributed by atoms with Crippen LogP contribution in [0.4, 0.5) is 5.82 Å². The first-order chi connectivity index (χ1) is 17.3. The van der Waals surface area contributed by atoms with Crippen LogP contribution in [0.25, 0.3) is 0 Å². The lowest BCUT2D eigenvalue weighted by atomic mass is 9.70. The van der Waals surface area contributed by atoms with Crippen LogP contribution in [0, 0.1) is 18.8 Å². The van der Waals surface area contributed by atoms with Gasteiger partial charge in [0.1, 0.15) is 17.4 Å². The highest BCUT2D eigenvalue weighted by atomic mass is 16.5. The molecule has 0 radical (unpaired) electrons. The number of carbonyl (C=O) groups excluding carboxylic acids is 3. The van der Waals surface area contributed by atoms with E-state index in [1.165, 1.54) is 6.42 Å². The van der Waals surface area contributed by atoms with E-state index < -0.39 is 29.1 Å². The van der Waals surface area contributed by atoms with Gasteiger partial charge < -0.3 is 29.5 Å². The minimum atomic E-state index is -1.20. The van der Waals surface area contributed by atoms with Crippen molar-refractivity contribution in [1.82, 2.24) is 15.4 Å². The molecule has 10 heteroatoms. The Morgan fingerprint density at radius 1 is 1.14 bits per heavy atom. The van der Waals surface area contributed by atoms with Crippen LogP contribution >= 0.6 is 0 Å². The zero-order chi connectivity index (χ0) is 25.1. The van der Waals surface area contributed by atoms with Gasteiger partial charge in [-0.15, -0.1) is 0 Å². The summed E-state index contributed by atoms with van der Waals surface area (Å²) in [5.74, 6) is -1.60. The average molecular weight is 499 g/mol. The number of nitrogens with one attached hydrogen (secondary N) is 2. The molecule has 3 amide bonds. The Kier molecular flexibility index (Phi) is 5.71. The molecule has 194 valence electrons. The van der Waals surface area contributed by atoms with Gasteiger partial charge in [0.05, 0.1) is 23.5 Å². The molecule has 1 saturated carbocycles. The van der Waals surface area contributed by atoms with E-state index in [0.717, 1.165) is 38.5 Å². The Morgan fingerprint density at radius 3 is 2.64 bits per heavy atom. The zero-order valence-electron chi connectivity index (χ0n) is 20.8. The molecular formula is C26H34N4O6. The number of hydrogen-bond acceptors (Lipinski definition) is 7. The second-order valence-electron chi connectivity index (χ2n) is 11.1. The molecule has 5 heterocycles. The van der Waals surface area contributed by atoms with E-state index in [4.69, 9.17) is 14.0 Å². The standard InChI is InChI=1S/C26H34N4O6/c1-15-13-18(29-35-15)28-22(31)19-20-24(33)30(14-17-9-6-12-34-17)21(26(20)11-10-25(19,2)36-26)23(32)27-16-7-4-3-5-8-16/h10-11,13,16-17,19-21H,3-9,12,14H2,1-2H3,(H,27,32)(H,28,29,31)/t17-,19-,20-,21+,25-,26+/m0/s1. The third kappa shape index (κ3) is 3.68. The number of amides is 3. The number of aromatic nitrogens is 1. The lowest BCUT2D eigenvalue weighted by molar-refractivity contribution is -0.145. The first-order valence-electron chi connectivity index (χ1n) is 13.2. The molecule has 0 aromatic carbocycles. The van der Waals surface area contributed by atoms with Gasteiger partial charge >= 0.3 is 0 Å². The minimum absolute atomic E-state index is 0.0917. The highest BCUT2D eigenvalue weighted by Crippen LogP contribution is 2.60. The SMILES string of the molecule is Cc1cc(NC(=O)[C@@H]2[C@H]3C(=O)N(C[C@@H]4CCCO4)[C@H](C(=O)NC4CCCCC4)[C@@]34C=C[C@]2(C)O4)no1. The summed E-state index contributed by atoms with van der Waals surface area (Å²) < 4.78 is 17.5. The first kappa shape index (κ1) is 23.7. The maximum atomic E-state index is 14.0. The van der Waals surface area contributed by atoms with Crippen molar-refractivity contribution in [3.8, 4) is 0 Å². The molecule has 1 aromatic heterocycles. The van der Waals surface area contributed by atoms with E-state index in [0.29, 0.717) is 18.9 Å². The summed E-state index contributed by atoms with van der Waals surface area (Å²) in [4.78, 5) is 43.1. The third-order valence-electron chi connectivity index (χ3n) is 8.58. The third-order valence-corrected chi connectivity index (χ3v) is 8.58. The van der Waals surface area contributed by atoms with E-state index in [-0.39, 0.29) is 35.7 Å². The number of likely N-dealkylation sites (tertiary alicyclic amines) is 1. The van der Waals surface area contributed by atoms with Gasteiger partial charge in [-0.3, -0.25) is 14.4 Å². The van der Waals surface area contributed by atoms with Crippen LogP contribution in [0.3, 0.4) is 0 Å². The van der Waals surface area contributed by atoms with Crippen molar-refractivity contribution in [3.05, 3.63) is 24.0 Å². The lowest BCUT2D eigenvalue weighted by Crippen LogP contribution is -2.57. The van der Waals surface area contributed by atoms with Crippen molar-refractivity contribution in [2.45, 2.75) is 88.2 Å². The van der Waals surface area contributed by atoms with Gasteiger partial charge in [0, 0.05) is 25.3 Å². The summed E-state index contributed by atoms with van der Waals surface area (Å²) in [6.45, 7) is 4.51. The van der Waals surface area contributed by atoms with Gasteiger partial charge in [0.15, 0.2) is 5.82 Å². The average Bonchev–Trinajstić information content (AvgIpc) is 3.64. The highest BCUT2D eigenvalue weighted by Gasteiger charge is 2.76. The number of carbonyl (C=O) groups is 3. The topological polar surface area (TPSA) is 123 Å². The van der Waals surface area contributed by atoms with Crippen LogP contribution in [-0.2, 0) is 23.9 Å². The van der Waals surface area contributed by atoms with Crippen LogP contribution in [0.1, 0.15) is 57.6 Å². The Bertz CT molecular complexity index is 1090. The van der Waals surface area contributed by atoms with Crippen molar-refractivity contribution in [3.63, 3.8) is 0 Å². The number of ether oxygens (including phenoxy) is 2. The van der Waals surface area contributed by atoms with E-state index in [9.17, 15) is 14.4 Å². The van der Waals surface area contributed by atoms with Crippen LogP contribution in [0.5, 0.6) is 0 Å². The Hall–Kier alpha value is -2.72. The maximum Gasteiger partial charge on any atom is 0.246 e. The van der Waals surface area contributed by atoms with E-state index >= 15 is 0 Å². The van der Waals surface area contributed by atoms with Gasteiger partial charge in [-0.25, -0.2) is 0 Å². The van der Waals surface area contributed by atoms with Gasteiger partial charge in [-0.2, -0.15) is 0 Å². The Balaban J connectivity index is 1.33. The molecule has 6 rings (SSSR count). The van der Waals surface area contributed by atoms with Gasteiger partial charge in [-0.05, 0) is 39.5 Å². The van der Waals surface area contributed by atoms with Gasteiger partial charge in [0.2, 0.25) is 17.7 Å². The molecule has 2 bridgehead atoms. The molecule has 1 spiro atoms. The summed E-state index contributed by atoms with van der Waals surface area (Å²) in [6.07, 6.45) is 10.5. The fourth-order valence-electron chi connectivity index (χ4n) is 6.99. The first-order valence-corrected chi connectivity index (χ1v) is 13.2. The monoisotopic (exact) mass is 498 g/mol. The Morgan fingerprint density at radius 2 is 1.94 bits per heavy atom. The van der Waals surface area contributed by atoms with Crippen molar-refractivity contribution < 1.29 is 28.4 Å². The van der Waals surface area contributed by atoms with Gasteiger partial charge in [-0.1, -0.05) is 36.6 Å². The number of rotatable bonds is 6. The number of aryl methyl sites for hydroxylation is 1. The molecule has 2 N–H and O–H groups in total. The molecule has 1 aromatic rings. The van der Waals surface area contributed by atoms with Crippen molar-refractivity contribution in [2.75, 3.05) is 18.5 Å². The molecule has 1 aliphatic carbocycles. The van der Waals surface area contributed by atoms with Crippen LogP contribution in [-0.4, -0.2) is 70.3 Å². The van der Waals surface area contributed by atoms with E-state index in [2.05, 4.69) is 15.8 Å². The second kappa shape index (κ2) is 8.69. The molecule has 4 fully saturated rings. The maximum absolute atomic E-state index is 14.0. The Labute approximate surface area is 210 Å². The summed E-state index contributed by atoms with van der Waals surface area (Å²) in [7, 11) is 0. The molecule has 4 aliphatic heterocycles. The molecular weight excluding hydrogens is 464 g/mol. The van der Waals surface area contributed by atoms with Crippen LogP contribution < -0.4 is 10.6 Å². The second-order valence-corrected chi connectivity index (χ2v) is 11.1. The van der Waals surface area contributed by atoms with E-state index in [1.807, 2.05) is 19.1 Å². The fourth-order valence-corrected chi connectivity index (χ4v) is 6.99. The van der Waals surface area contributed by atoms with Crippen LogP contribution in [0.15, 0.2) is 22.7 Å². The number of anilines is 1. The zero-order valence-corrected chi connectivity index (χ0v) is 20.8. The lowest BCUT2D eigenvalue weighted by Gasteiger charge is -2.35. The fraction of sp³-hybridized carbons (Fsp3) is 0.692. The summed E-state index contributed by atoms with van der Waals surface area (Å²) >= 11 is 0. The highest BCUT2D eigenvalue weighted by molar-refractivity contribution is 6.03. The molecule has 10 nitrogen and oxygen atoms in total. The summed E-state index contributed by atoms with van der Waals surface area (Å²) in [5.41, 5.74) is -2.21. The van der Waals surface area contributed by atoms with Crippen molar-refractivity contribution >= 4 is 23.5 Å². The van der Waals surface area contributed by atoms with Gasteiger partial charge in [0.25, 0.3) is 0 Å². The normalized spacial score (nSPS) is 37.5. The quantitative estimate of drug-likeness (QED) is 0.576. The van der Waals surface area contributed by atoms with E-state index in [1.54, 1.807) is 17.9 Å². The van der Waals surface area contributed by atoms with Crippen molar-refractivity contribution in [1.29, 1.82) is 0 Å². The molecule has 6 atom stereocenters. The molecule has 36 heavy (non-hydrogen) atoms. The molecule has 5 aliphatic rings. The number of fused-ring (bicyclic) bond motifs is 1. The largest absolute Gasteiger partial charge is 0.376 e. The molecule has 3 saturated heterocycles.